The lowest BCUT2D eigenvalue weighted by Gasteiger charge is -2.29. The van der Waals surface area contributed by atoms with Gasteiger partial charge in [-0.25, -0.2) is 0 Å². The average molecular weight is 363 g/mol. The van der Waals surface area contributed by atoms with E-state index in [2.05, 4.69) is 13.8 Å². The second-order valence-electron chi connectivity index (χ2n) is 6.83. The molecular formula is C20H27ClN2O2. The van der Waals surface area contributed by atoms with Gasteiger partial charge in [0.25, 0.3) is 5.91 Å². The number of ether oxygens (including phenoxy) is 1. The highest BCUT2D eigenvalue weighted by Gasteiger charge is 2.21. The minimum absolute atomic E-state index is 0. The summed E-state index contributed by atoms with van der Waals surface area (Å²) in [7, 11) is 1.81. The fourth-order valence-corrected chi connectivity index (χ4v) is 2.43. The van der Waals surface area contributed by atoms with Crippen molar-refractivity contribution < 1.29 is 9.53 Å². The molecule has 25 heavy (non-hydrogen) atoms. The molecule has 0 aliphatic heterocycles. The Morgan fingerprint density at radius 1 is 1.08 bits per heavy atom. The van der Waals surface area contributed by atoms with Crippen molar-refractivity contribution >= 4 is 18.3 Å². The first-order chi connectivity index (χ1) is 11.4. The Kier molecular flexibility index (Phi) is 7.94. The molecule has 2 N–H and O–H groups in total. The highest BCUT2D eigenvalue weighted by molar-refractivity contribution is 5.94. The summed E-state index contributed by atoms with van der Waals surface area (Å²) in [6.07, 6.45) is 0. The van der Waals surface area contributed by atoms with Gasteiger partial charge >= 0.3 is 0 Å². The summed E-state index contributed by atoms with van der Waals surface area (Å²) in [5.74, 6) is 0.841. The van der Waals surface area contributed by atoms with E-state index in [4.69, 9.17) is 10.5 Å². The fourth-order valence-electron chi connectivity index (χ4n) is 2.43. The summed E-state index contributed by atoms with van der Waals surface area (Å²) in [6, 6.07) is 17.2. The average Bonchev–Trinajstić information content (AvgIpc) is 2.60. The molecular weight excluding hydrogens is 336 g/mol. The summed E-state index contributed by atoms with van der Waals surface area (Å²) in [5.41, 5.74) is 7.36. The second kappa shape index (κ2) is 9.44. The molecule has 0 aromatic heterocycles. The van der Waals surface area contributed by atoms with Crippen molar-refractivity contribution in [3.63, 3.8) is 0 Å². The molecule has 2 aromatic rings. The zero-order valence-corrected chi connectivity index (χ0v) is 15.9. The van der Waals surface area contributed by atoms with E-state index in [9.17, 15) is 4.79 Å². The van der Waals surface area contributed by atoms with Crippen LogP contribution >= 0.6 is 12.4 Å². The largest absolute Gasteiger partial charge is 0.489 e. The maximum Gasteiger partial charge on any atom is 0.253 e. The molecule has 0 saturated heterocycles. The third kappa shape index (κ3) is 6.40. The predicted octanol–water partition coefficient (Wildman–Crippen LogP) is 3.74. The topological polar surface area (TPSA) is 55.6 Å². The van der Waals surface area contributed by atoms with Gasteiger partial charge in [-0.2, -0.15) is 0 Å². The Balaban J connectivity index is 0.00000312. The monoisotopic (exact) mass is 362 g/mol. The van der Waals surface area contributed by atoms with Gasteiger partial charge in [-0.15, -0.1) is 12.4 Å². The zero-order valence-electron chi connectivity index (χ0n) is 15.1. The number of hydrogen-bond acceptors (Lipinski definition) is 3. The number of rotatable bonds is 7. The third-order valence-electron chi connectivity index (χ3n) is 3.91. The van der Waals surface area contributed by atoms with Crippen LogP contribution in [0.2, 0.25) is 0 Å². The van der Waals surface area contributed by atoms with E-state index < -0.39 is 0 Å². The van der Waals surface area contributed by atoms with Crippen LogP contribution in [-0.4, -0.2) is 30.9 Å². The molecule has 0 atom stereocenters. The Bertz CT molecular complexity index is 657. The lowest BCUT2D eigenvalue weighted by Crippen LogP contribution is -2.39. The molecule has 0 spiro atoms. The van der Waals surface area contributed by atoms with Gasteiger partial charge in [0, 0.05) is 19.2 Å². The van der Waals surface area contributed by atoms with Gasteiger partial charge in [-0.1, -0.05) is 44.2 Å². The summed E-state index contributed by atoms with van der Waals surface area (Å²) in [4.78, 5) is 14.2. The van der Waals surface area contributed by atoms with Gasteiger partial charge in [-0.3, -0.25) is 4.79 Å². The van der Waals surface area contributed by atoms with E-state index in [0.29, 0.717) is 25.3 Å². The Labute approximate surface area is 156 Å². The standard InChI is InChI=1S/C20H26N2O2.ClH/c1-20(2,14-21)15-22(3)19(23)17-11-9-16(10-12-17)13-24-18-7-5-4-6-8-18;/h4-12H,13-15,21H2,1-3H3;1H. The number of carbonyl (C=O) groups is 1. The molecule has 0 unspecified atom stereocenters. The van der Waals surface area contributed by atoms with Crippen LogP contribution in [0.1, 0.15) is 29.8 Å². The molecule has 0 aliphatic rings. The van der Waals surface area contributed by atoms with Crippen LogP contribution in [0, 0.1) is 5.41 Å². The van der Waals surface area contributed by atoms with Gasteiger partial charge in [-0.05, 0) is 41.8 Å². The fraction of sp³-hybridized carbons (Fsp3) is 0.350. The minimum atomic E-state index is -0.0894. The molecule has 0 radical (unpaired) electrons. The van der Waals surface area contributed by atoms with E-state index in [-0.39, 0.29) is 23.7 Å². The third-order valence-corrected chi connectivity index (χ3v) is 3.91. The van der Waals surface area contributed by atoms with Crippen LogP contribution in [0.4, 0.5) is 0 Å². The van der Waals surface area contributed by atoms with Crippen molar-refractivity contribution in [3.05, 3.63) is 65.7 Å². The first-order valence-electron chi connectivity index (χ1n) is 8.13. The number of carbonyl (C=O) groups excluding carboxylic acids is 1. The molecule has 0 bridgehead atoms. The number of para-hydroxylation sites is 1. The van der Waals surface area contributed by atoms with Gasteiger partial charge in [0.2, 0.25) is 0 Å². The molecule has 0 saturated carbocycles. The first-order valence-corrected chi connectivity index (χ1v) is 8.13. The Morgan fingerprint density at radius 3 is 2.24 bits per heavy atom. The molecule has 1 amide bonds. The smallest absolute Gasteiger partial charge is 0.253 e. The molecule has 2 rings (SSSR count). The van der Waals surface area contributed by atoms with E-state index in [1.54, 1.807) is 4.90 Å². The second-order valence-corrected chi connectivity index (χ2v) is 6.83. The van der Waals surface area contributed by atoms with Crippen molar-refractivity contribution in [2.45, 2.75) is 20.5 Å². The molecule has 0 heterocycles. The van der Waals surface area contributed by atoms with Gasteiger partial charge in [0.15, 0.2) is 0 Å². The molecule has 0 aliphatic carbocycles. The van der Waals surface area contributed by atoms with Crippen LogP contribution in [0.5, 0.6) is 5.75 Å². The highest BCUT2D eigenvalue weighted by Crippen LogP contribution is 2.17. The van der Waals surface area contributed by atoms with Crippen molar-refractivity contribution in [1.82, 2.24) is 4.90 Å². The van der Waals surface area contributed by atoms with E-state index in [1.807, 2.05) is 61.6 Å². The lowest BCUT2D eigenvalue weighted by molar-refractivity contribution is 0.0740. The first kappa shape index (κ1) is 21.0. The maximum absolute atomic E-state index is 12.5. The van der Waals surface area contributed by atoms with Crippen molar-refractivity contribution in [1.29, 1.82) is 0 Å². The van der Waals surface area contributed by atoms with Crippen LogP contribution < -0.4 is 10.5 Å². The number of benzene rings is 2. The number of nitrogens with zero attached hydrogens (tertiary/aromatic N) is 1. The number of amides is 1. The summed E-state index contributed by atoms with van der Waals surface area (Å²) < 4.78 is 5.71. The van der Waals surface area contributed by atoms with Crippen LogP contribution in [0.15, 0.2) is 54.6 Å². The summed E-state index contributed by atoms with van der Waals surface area (Å²) in [6.45, 7) is 5.76. The van der Waals surface area contributed by atoms with Gasteiger partial charge in [0.1, 0.15) is 12.4 Å². The van der Waals surface area contributed by atoms with E-state index in [0.717, 1.165) is 11.3 Å². The Hall–Kier alpha value is -2.04. The van der Waals surface area contributed by atoms with Gasteiger partial charge in [0.05, 0.1) is 0 Å². The van der Waals surface area contributed by atoms with Crippen LogP contribution in [0.3, 0.4) is 0 Å². The maximum atomic E-state index is 12.5. The zero-order chi connectivity index (χ0) is 17.6. The Morgan fingerprint density at radius 2 is 1.68 bits per heavy atom. The number of halogens is 1. The number of nitrogens with two attached hydrogens (primary N) is 1. The normalized spacial score (nSPS) is 10.7. The van der Waals surface area contributed by atoms with E-state index >= 15 is 0 Å². The molecule has 4 nitrogen and oxygen atoms in total. The molecule has 136 valence electrons. The van der Waals surface area contributed by atoms with Crippen molar-refractivity contribution in [3.8, 4) is 5.75 Å². The molecule has 5 heteroatoms. The highest BCUT2D eigenvalue weighted by atomic mass is 35.5. The minimum Gasteiger partial charge on any atom is -0.489 e. The molecule has 0 fully saturated rings. The van der Waals surface area contributed by atoms with E-state index in [1.165, 1.54) is 0 Å². The van der Waals surface area contributed by atoms with Crippen molar-refractivity contribution in [2.24, 2.45) is 11.1 Å². The summed E-state index contributed by atoms with van der Waals surface area (Å²) in [5, 5.41) is 0. The lowest BCUT2D eigenvalue weighted by atomic mass is 9.93. The predicted molar refractivity (Wildman–Crippen MR) is 104 cm³/mol. The molecule has 2 aromatic carbocycles. The van der Waals surface area contributed by atoms with Crippen molar-refractivity contribution in [2.75, 3.05) is 20.1 Å². The number of hydrogen-bond donors (Lipinski definition) is 1. The van der Waals surface area contributed by atoms with Crippen LogP contribution in [0.25, 0.3) is 0 Å². The summed E-state index contributed by atoms with van der Waals surface area (Å²) >= 11 is 0. The van der Waals surface area contributed by atoms with Gasteiger partial charge < -0.3 is 15.4 Å². The SMILES string of the molecule is CN(CC(C)(C)CN)C(=O)c1ccc(COc2ccccc2)cc1.Cl. The quantitative estimate of drug-likeness (QED) is 0.816. The van der Waals surface area contributed by atoms with Crippen LogP contribution in [-0.2, 0) is 6.61 Å².